The van der Waals surface area contributed by atoms with E-state index in [1.165, 1.54) is 0 Å². The van der Waals surface area contributed by atoms with E-state index in [-0.39, 0.29) is 6.23 Å². The molecule has 2 atom stereocenters. The first kappa shape index (κ1) is 8.43. The van der Waals surface area contributed by atoms with E-state index in [1.807, 2.05) is 12.4 Å². The smallest absolute Gasteiger partial charge is 0.193 e. The minimum Gasteiger partial charge on any atom is -0.345 e. The van der Waals surface area contributed by atoms with E-state index in [0.717, 1.165) is 19.6 Å². The molecule has 0 aliphatic carbocycles. The van der Waals surface area contributed by atoms with Gasteiger partial charge in [-0.3, -0.25) is 4.48 Å². The lowest BCUT2D eigenvalue weighted by Crippen LogP contribution is -2.52. The lowest BCUT2D eigenvalue weighted by atomic mass is 10.3. The Kier molecular flexibility index (Phi) is 2.42. The van der Waals surface area contributed by atoms with Gasteiger partial charge in [0.1, 0.15) is 13.1 Å². The van der Waals surface area contributed by atoms with Gasteiger partial charge < -0.3 is 5.11 Å². The fourth-order valence-electron chi connectivity index (χ4n) is 1.34. The Bertz CT molecular complexity index is 177. The molecule has 0 saturated heterocycles. The molecule has 0 spiro atoms. The zero-order chi connectivity index (χ0) is 8.32. The second-order valence-electron chi connectivity index (χ2n) is 2.95. The summed E-state index contributed by atoms with van der Waals surface area (Å²) in [5.74, 6) is 0. The summed E-state index contributed by atoms with van der Waals surface area (Å²) < 4.78 is 0.545. The zero-order valence-corrected chi connectivity index (χ0v) is 6.90. The number of hydrogen-bond donors (Lipinski definition) is 1. The Morgan fingerprint density at radius 2 is 2.64 bits per heavy atom. The fourth-order valence-corrected chi connectivity index (χ4v) is 1.34. The lowest BCUT2D eigenvalue weighted by molar-refractivity contribution is -0.871. The van der Waals surface area contributed by atoms with Gasteiger partial charge in [0, 0.05) is 6.92 Å². The minimum absolute atomic E-state index is 0.376. The molecular weight excluding hydrogens is 140 g/mol. The molecule has 1 heterocycles. The number of aliphatic imine (C=N–C) groups is 1. The highest BCUT2D eigenvalue weighted by Gasteiger charge is 2.32. The van der Waals surface area contributed by atoms with Crippen LogP contribution in [0.2, 0.25) is 0 Å². The molecule has 11 heavy (non-hydrogen) atoms. The van der Waals surface area contributed by atoms with Crippen LogP contribution in [-0.2, 0) is 0 Å². The molecule has 3 heteroatoms. The van der Waals surface area contributed by atoms with Crippen molar-refractivity contribution in [2.24, 2.45) is 4.99 Å². The summed E-state index contributed by atoms with van der Waals surface area (Å²) in [6.45, 7) is 7.93. The number of rotatable bonds is 3. The van der Waals surface area contributed by atoms with Gasteiger partial charge in [0.25, 0.3) is 0 Å². The Hall–Kier alpha value is -0.670. The first-order valence-electron chi connectivity index (χ1n) is 3.88. The van der Waals surface area contributed by atoms with Gasteiger partial charge in [-0.05, 0) is 6.08 Å². The van der Waals surface area contributed by atoms with Crippen molar-refractivity contribution >= 4 is 6.34 Å². The monoisotopic (exact) mass is 155 g/mol. The molecule has 0 aromatic rings. The third kappa shape index (κ3) is 1.49. The first-order chi connectivity index (χ1) is 5.21. The zero-order valence-electron chi connectivity index (χ0n) is 6.90. The molecule has 0 aromatic heterocycles. The van der Waals surface area contributed by atoms with E-state index in [2.05, 4.69) is 11.6 Å². The minimum atomic E-state index is -0.376. The molecule has 0 fully saturated rings. The van der Waals surface area contributed by atoms with Crippen molar-refractivity contribution in [1.29, 1.82) is 0 Å². The summed E-state index contributed by atoms with van der Waals surface area (Å²) in [7, 11) is 0. The number of quaternary nitrogens is 1. The van der Waals surface area contributed by atoms with Crippen LogP contribution in [0.1, 0.15) is 6.92 Å². The molecule has 1 N–H and O–H groups in total. The lowest BCUT2D eigenvalue weighted by Gasteiger charge is -2.31. The number of nitrogens with zero attached hydrogens (tertiary/aromatic N) is 2. The maximum atomic E-state index is 9.47. The highest BCUT2D eigenvalue weighted by Crippen LogP contribution is 2.13. The predicted molar refractivity (Wildman–Crippen MR) is 45.2 cm³/mol. The third-order valence-electron chi connectivity index (χ3n) is 2.17. The second-order valence-corrected chi connectivity index (χ2v) is 2.95. The van der Waals surface area contributed by atoms with Crippen molar-refractivity contribution < 1.29 is 9.59 Å². The van der Waals surface area contributed by atoms with Gasteiger partial charge >= 0.3 is 0 Å². The van der Waals surface area contributed by atoms with E-state index in [9.17, 15) is 5.11 Å². The van der Waals surface area contributed by atoms with Crippen molar-refractivity contribution in [2.45, 2.75) is 13.2 Å². The number of aliphatic hydroxyl groups excluding tert-OH is 1. The average Bonchev–Trinajstić information content (AvgIpc) is 2.38. The third-order valence-corrected chi connectivity index (χ3v) is 2.17. The Labute approximate surface area is 67.3 Å². The predicted octanol–water partition coefficient (Wildman–Crippen LogP) is 0.369. The molecule has 1 rings (SSSR count). The number of hydrogen-bond acceptors (Lipinski definition) is 2. The van der Waals surface area contributed by atoms with Crippen LogP contribution in [0.4, 0.5) is 0 Å². The van der Waals surface area contributed by atoms with Crippen LogP contribution in [0.3, 0.4) is 0 Å². The molecule has 62 valence electrons. The van der Waals surface area contributed by atoms with Gasteiger partial charge in [-0.25, -0.2) is 4.99 Å². The Morgan fingerprint density at radius 1 is 1.91 bits per heavy atom. The van der Waals surface area contributed by atoms with Crippen molar-refractivity contribution in [2.75, 3.05) is 19.6 Å². The molecule has 1 aliphatic heterocycles. The maximum absolute atomic E-state index is 9.47. The molecule has 0 amide bonds. The van der Waals surface area contributed by atoms with Gasteiger partial charge in [-0.1, -0.05) is 6.58 Å². The quantitative estimate of drug-likeness (QED) is 0.463. The fraction of sp³-hybridized carbons (Fsp3) is 0.625. The van der Waals surface area contributed by atoms with Gasteiger partial charge in [-0.2, -0.15) is 0 Å². The highest BCUT2D eigenvalue weighted by molar-refractivity contribution is 5.48. The molecule has 0 aromatic carbocycles. The van der Waals surface area contributed by atoms with Crippen LogP contribution >= 0.6 is 0 Å². The summed E-state index contributed by atoms with van der Waals surface area (Å²) in [6, 6.07) is 0. The second kappa shape index (κ2) is 3.15. The normalized spacial score (nSPS) is 32.2. The molecular formula is C8H15N2O+. The van der Waals surface area contributed by atoms with E-state index >= 15 is 0 Å². The largest absolute Gasteiger partial charge is 0.345 e. The van der Waals surface area contributed by atoms with Crippen molar-refractivity contribution in [3.05, 3.63) is 12.7 Å². The van der Waals surface area contributed by atoms with E-state index in [1.54, 1.807) is 6.92 Å². The van der Waals surface area contributed by atoms with Crippen LogP contribution in [0.15, 0.2) is 17.6 Å². The van der Waals surface area contributed by atoms with Crippen LogP contribution in [0, 0.1) is 0 Å². The van der Waals surface area contributed by atoms with Crippen molar-refractivity contribution in [3.8, 4) is 0 Å². The van der Waals surface area contributed by atoms with Crippen molar-refractivity contribution in [3.63, 3.8) is 0 Å². The summed E-state index contributed by atoms with van der Waals surface area (Å²) in [5, 5.41) is 9.47. The topological polar surface area (TPSA) is 32.6 Å². The van der Waals surface area contributed by atoms with Crippen LogP contribution in [0.5, 0.6) is 0 Å². The number of aliphatic hydroxyl groups is 1. The van der Waals surface area contributed by atoms with Gasteiger partial charge in [0.2, 0.25) is 0 Å². The molecule has 3 nitrogen and oxygen atoms in total. The Balaban J connectivity index is 2.70. The average molecular weight is 155 g/mol. The first-order valence-corrected chi connectivity index (χ1v) is 3.88. The molecule has 0 bridgehead atoms. The van der Waals surface area contributed by atoms with E-state index in [0.29, 0.717) is 4.48 Å². The summed E-state index contributed by atoms with van der Waals surface area (Å²) in [6.07, 6.45) is 3.27. The maximum Gasteiger partial charge on any atom is 0.193 e. The van der Waals surface area contributed by atoms with Gasteiger partial charge in [0.15, 0.2) is 12.6 Å². The van der Waals surface area contributed by atoms with Crippen LogP contribution in [-0.4, -0.2) is 41.8 Å². The standard InChI is InChI=1S/C8H15N2O/c1-3-5-10(8(2)11)6-4-9-7-10/h3,7-8,11H,1,4-6H2,2H3/q+1. The summed E-state index contributed by atoms with van der Waals surface area (Å²) in [4.78, 5) is 4.12. The van der Waals surface area contributed by atoms with E-state index < -0.39 is 0 Å². The SMILES string of the molecule is C=CC[N+]1(C(C)O)C=NCC1. The Morgan fingerprint density at radius 3 is 3.00 bits per heavy atom. The summed E-state index contributed by atoms with van der Waals surface area (Å²) >= 11 is 0. The van der Waals surface area contributed by atoms with Crippen molar-refractivity contribution in [1.82, 2.24) is 0 Å². The van der Waals surface area contributed by atoms with Crippen LogP contribution in [0.25, 0.3) is 0 Å². The molecule has 1 aliphatic rings. The van der Waals surface area contributed by atoms with Crippen LogP contribution < -0.4 is 0 Å². The summed E-state index contributed by atoms with van der Waals surface area (Å²) in [5.41, 5.74) is 0. The van der Waals surface area contributed by atoms with E-state index in [4.69, 9.17) is 0 Å². The molecule has 2 unspecified atom stereocenters. The molecule has 0 radical (unpaired) electrons. The van der Waals surface area contributed by atoms with Gasteiger partial charge in [0.05, 0.1) is 6.54 Å². The molecule has 0 saturated carbocycles. The van der Waals surface area contributed by atoms with Gasteiger partial charge in [-0.15, -0.1) is 0 Å². The highest BCUT2D eigenvalue weighted by atomic mass is 16.3.